The summed E-state index contributed by atoms with van der Waals surface area (Å²) in [5.41, 5.74) is 1.94. The van der Waals surface area contributed by atoms with E-state index in [2.05, 4.69) is 29.0 Å². The third-order valence-corrected chi connectivity index (χ3v) is 7.20. The molecule has 0 radical (unpaired) electrons. The van der Waals surface area contributed by atoms with E-state index in [0.29, 0.717) is 18.9 Å². The third-order valence-electron chi connectivity index (χ3n) is 7.20. The molecule has 2 heterocycles. The minimum absolute atomic E-state index is 0.273. The first-order chi connectivity index (χ1) is 13.6. The molecule has 154 valence electrons. The van der Waals surface area contributed by atoms with Crippen LogP contribution in [0.5, 0.6) is 5.75 Å². The maximum atomic E-state index is 12.2. The summed E-state index contributed by atoms with van der Waals surface area (Å²) in [5.74, 6) is 0.109. The minimum Gasteiger partial charge on any atom is -0.492 e. The minimum atomic E-state index is -0.752. The third kappa shape index (κ3) is 4.20. The lowest BCUT2D eigenvalue weighted by Crippen LogP contribution is -2.50. The van der Waals surface area contributed by atoms with Gasteiger partial charge in [0.2, 0.25) is 0 Å². The van der Waals surface area contributed by atoms with Crippen molar-refractivity contribution in [1.82, 2.24) is 9.80 Å². The van der Waals surface area contributed by atoms with E-state index in [9.17, 15) is 9.90 Å². The number of benzene rings is 1. The predicted octanol–water partition coefficient (Wildman–Crippen LogP) is 3.55. The van der Waals surface area contributed by atoms with Gasteiger partial charge in [-0.15, -0.1) is 0 Å². The lowest BCUT2D eigenvalue weighted by atomic mass is 9.78. The predicted molar refractivity (Wildman–Crippen MR) is 110 cm³/mol. The van der Waals surface area contributed by atoms with Crippen molar-refractivity contribution in [3.8, 4) is 5.75 Å². The van der Waals surface area contributed by atoms with Crippen LogP contribution in [0.3, 0.4) is 0 Å². The van der Waals surface area contributed by atoms with Crippen molar-refractivity contribution in [2.24, 2.45) is 5.41 Å². The molecule has 1 saturated carbocycles. The summed E-state index contributed by atoms with van der Waals surface area (Å²) in [7, 11) is 2.13. The zero-order valence-corrected chi connectivity index (χ0v) is 17.2. The van der Waals surface area contributed by atoms with E-state index in [-0.39, 0.29) is 6.61 Å². The number of hydrogen-bond acceptors (Lipinski definition) is 4. The Labute approximate surface area is 168 Å². The highest BCUT2D eigenvalue weighted by atomic mass is 16.5. The molecule has 0 amide bonds. The van der Waals surface area contributed by atoms with Crippen molar-refractivity contribution >= 4 is 5.97 Å². The fourth-order valence-corrected chi connectivity index (χ4v) is 5.17. The van der Waals surface area contributed by atoms with Gasteiger partial charge in [-0.3, -0.25) is 4.79 Å². The zero-order chi connectivity index (χ0) is 19.6. The normalized spacial score (nSPS) is 23.9. The lowest BCUT2D eigenvalue weighted by Gasteiger charge is -2.43. The number of hydrogen-bond donors (Lipinski definition) is 1. The second-order valence-electron chi connectivity index (χ2n) is 9.12. The smallest absolute Gasteiger partial charge is 0.313 e. The number of piperidine rings is 1. The fraction of sp³-hybridized carbons (Fsp3) is 0.696. The Morgan fingerprint density at radius 3 is 2.61 bits per heavy atom. The van der Waals surface area contributed by atoms with Crippen molar-refractivity contribution in [2.45, 2.75) is 64.0 Å². The van der Waals surface area contributed by atoms with Gasteiger partial charge in [-0.25, -0.2) is 0 Å². The fourth-order valence-electron chi connectivity index (χ4n) is 5.17. The summed E-state index contributed by atoms with van der Waals surface area (Å²) in [6.07, 6.45) is 9.00. The summed E-state index contributed by atoms with van der Waals surface area (Å²) in [6, 6.07) is 6.94. The molecule has 3 aliphatic rings. The second-order valence-corrected chi connectivity index (χ2v) is 9.12. The van der Waals surface area contributed by atoms with Crippen molar-refractivity contribution in [2.75, 3.05) is 33.3 Å². The van der Waals surface area contributed by atoms with Crippen molar-refractivity contribution in [3.63, 3.8) is 0 Å². The van der Waals surface area contributed by atoms with Crippen LogP contribution in [0.2, 0.25) is 0 Å². The molecule has 1 aromatic rings. The standard InChI is InChI=1S/C23H34N2O3/c1-24-12-9-18-7-8-21(15-19(18)16-24)28-17-23(22(26)27)10-13-25(14-11-23)20-5-3-2-4-6-20/h7-8,15,20H,2-6,9-14,16-17H2,1H3,(H,26,27). The number of carbonyl (C=O) groups is 1. The van der Waals surface area contributed by atoms with Gasteiger partial charge in [0.25, 0.3) is 0 Å². The van der Waals surface area contributed by atoms with Gasteiger partial charge < -0.3 is 19.6 Å². The molecular formula is C23H34N2O3. The van der Waals surface area contributed by atoms with E-state index in [0.717, 1.165) is 38.3 Å². The Kier molecular flexibility index (Phi) is 5.93. The maximum absolute atomic E-state index is 12.2. The molecule has 1 saturated heterocycles. The number of aliphatic carboxylic acids is 1. The Balaban J connectivity index is 1.38. The molecular weight excluding hydrogens is 352 g/mol. The van der Waals surface area contributed by atoms with Crippen LogP contribution < -0.4 is 4.74 Å². The molecule has 28 heavy (non-hydrogen) atoms. The summed E-state index contributed by atoms with van der Waals surface area (Å²) >= 11 is 0. The van der Waals surface area contributed by atoms with Gasteiger partial charge >= 0.3 is 5.97 Å². The molecule has 1 aliphatic carbocycles. The first-order valence-corrected chi connectivity index (χ1v) is 11.0. The number of nitrogens with zero attached hydrogens (tertiary/aromatic N) is 2. The molecule has 0 aromatic heterocycles. The molecule has 4 rings (SSSR count). The van der Waals surface area contributed by atoms with Crippen molar-refractivity contribution in [1.29, 1.82) is 0 Å². The highest BCUT2D eigenvalue weighted by molar-refractivity contribution is 5.75. The monoisotopic (exact) mass is 386 g/mol. The number of rotatable bonds is 5. The van der Waals surface area contributed by atoms with E-state index >= 15 is 0 Å². The van der Waals surface area contributed by atoms with E-state index in [4.69, 9.17) is 4.74 Å². The van der Waals surface area contributed by atoms with Crippen LogP contribution in [0.15, 0.2) is 18.2 Å². The van der Waals surface area contributed by atoms with E-state index in [1.165, 1.54) is 43.2 Å². The van der Waals surface area contributed by atoms with Gasteiger partial charge in [-0.2, -0.15) is 0 Å². The SMILES string of the molecule is CN1CCc2ccc(OCC3(C(=O)O)CCN(C4CCCCC4)CC3)cc2C1. The largest absolute Gasteiger partial charge is 0.492 e. The van der Waals surface area contributed by atoms with Crippen LogP contribution in [0, 0.1) is 5.41 Å². The first kappa shape index (κ1) is 19.7. The van der Waals surface area contributed by atoms with Crippen LogP contribution >= 0.6 is 0 Å². The number of fused-ring (bicyclic) bond motifs is 1. The van der Waals surface area contributed by atoms with Crippen LogP contribution in [0.4, 0.5) is 0 Å². The van der Waals surface area contributed by atoms with Gasteiger partial charge in [-0.1, -0.05) is 25.3 Å². The highest BCUT2D eigenvalue weighted by Crippen LogP contribution is 2.36. The molecule has 2 fully saturated rings. The Morgan fingerprint density at radius 2 is 1.89 bits per heavy atom. The summed E-state index contributed by atoms with van der Waals surface area (Å²) in [5, 5.41) is 9.98. The highest BCUT2D eigenvalue weighted by Gasteiger charge is 2.43. The molecule has 0 spiro atoms. The van der Waals surface area contributed by atoms with Gasteiger partial charge in [0.05, 0.1) is 0 Å². The second kappa shape index (κ2) is 8.42. The van der Waals surface area contributed by atoms with Crippen LogP contribution in [-0.4, -0.2) is 60.2 Å². The Hall–Kier alpha value is -1.59. The molecule has 5 heteroatoms. The van der Waals surface area contributed by atoms with Gasteiger partial charge in [0, 0.05) is 19.1 Å². The van der Waals surface area contributed by atoms with Crippen molar-refractivity contribution < 1.29 is 14.6 Å². The molecule has 0 bridgehead atoms. The Bertz CT molecular complexity index is 691. The van der Waals surface area contributed by atoms with Crippen molar-refractivity contribution in [3.05, 3.63) is 29.3 Å². The van der Waals surface area contributed by atoms with Gasteiger partial charge in [-0.05, 0) is 75.5 Å². The van der Waals surface area contributed by atoms with Gasteiger partial charge in [0.1, 0.15) is 17.8 Å². The number of carboxylic acids is 1. The molecule has 1 aromatic carbocycles. The van der Waals surface area contributed by atoms with E-state index in [1.54, 1.807) is 0 Å². The van der Waals surface area contributed by atoms with Gasteiger partial charge in [0.15, 0.2) is 0 Å². The number of carboxylic acid groups (broad SMARTS) is 1. The lowest BCUT2D eigenvalue weighted by molar-refractivity contribution is -0.155. The average molecular weight is 387 g/mol. The molecule has 5 nitrogen and oxygen atoms in total. The number of ether oxygens (including phenoxy) is 1. The van der Waals surface area contributed by atoms with E-state index in [1.807, 2.05) is 6.07 Å². The summed E-state index contributed by atoms with van der Waals surface area (Å²) < 4.78 is 6.07. The van der Waals surface area contributed by atoms with E-state index < -0.39 is 11.4 Å². The molecule has 0 atom stereocenters. The number of likely N-dealkylation sites (N-methyl/N-ethyl adjacent to an activating group) is 1. The number of likely N-dealkylation sites (tertiary alicyclic amines) is 1. The maximum Gasteiger partial charge on any atom is 0.313 e. The van der Waals surface area contributed by atoms with Crippen LogP contribution in [-0.2, 0) is 17.8 Å². The summed E-state index contributed by atoms with van der Waals surface area (Å²) in [4.78, 5) is 17.0. The Morgan fingerprint density at radius 1 is 1.14 bits per heavy atom. The quantitative estimate of drug-likeness (QED) is 0.839. The molecule has 0 unspecified atom stereocenters. The molecule has 1 N–H and O–H groups in total. The topological polar surface area (TPSA) is 53.0 Å². The average Bonchev–Trinajstić information content (AvgIpc) is 2.73. The summed E-state index contributed by atoms with van der Waals surface area (Å²) in [6.45, 7) is 4.07. The first-order valence-electron chi connectivity index (χ1n) is 11.0. The van der Waals surface area contributed by atoms with Crippen LogP contribution in [0.1, 0.15) is 56.1 Å². The molecule has 2 aliphatic heterocycles. The zero-order valence-electron chi connectivity index (χ0n) is 17.2. The van der Waals surface area contributed by atoms with Crippen LogP contribution in [0.25, 0.3) is 0 Å².